The number of unbranched alkanes of at least 4 members (excludes halogenated alkanes) is 12. The van der Waals surface area contributed by atoms with Crippen LogP contribution in [0.3, 0.4) is 0 Å². The van der Waals surface area contributed by atoms with Gasteiger partial charge in [0.05, 0.1) is 24.3 Å². The largest absolute Gasteiger partial charge is 0.494 e. The summed E-state index contributed by atoms with van der Waals surface area (Å²) in [5.41, 5.74) is 0.00996. The minimum atomic E-state index is -0.707. The van der Waals surface area contributed by atoms with Crippen LogP contribution in [-0.4, -0.2) is 70.3 Å². The van der Waals surface area contributed by atoms with Crippen LogP contribution in [-0.2, 0) is 33.5 Å². The molecule has 59 heavy (non-hydrogen) atoms. The molecule has 1 aliphatic rings. The van der Waals surface area contributed by atoms with Crippen molar-refractivity contribution in [1.29, 1.82) is 0 Å². The van der Waals surface area contributed by atoms with Gasteiger partial charge in [-0.1, -0.05) is 64.2 Å². The standard InChI is InChI=1S/C25H35NO7.C21H32O5/c1-25(2,3)32-24(30)19-12-14-20(15-13-19)31-18-10-8-6-4-5-7-9-11-23(29)33-26-21(27)16-17-22(26)28;1-21(2,3)26-20(24)17-12-14-18(15-13-17)25-16-10-8-6-4-5-7-9-11-19(22)23/h12-15H,4-11,16-18H2,1-3H3;12-15H,4-11,16H2,1-3H3,(H,22,23). The molecule has 1 fully saturated rings. The molecule has 2 aromatic carbocycles. The molecule has 2 aromatic rings. The number of carboxylic acid groups (broad SMARTS) is 1. The topological polar surface area (TPSA) is 172 Å². The second kappa shape index (κ2) is 26.9. The van der Waals surface area contributed by atoms with Gasteiger partial charge in [0.2, 0.25) is 0 Å². The van der Waals surface area contributed by atoms with Crippen molar-refractivity contribution in [2.45, 2.75) is 168 Å². The Balaban J connectivity index is 0.000000419. The van der Waals surface area contributed by atoms with Crippen LogP contribution in [0.5, 0.6) is 11.5 Å². The number of imide groups is 1. The van der Waals surface area contributed by atoms with Gasteiger partial charge < -0.3 is 28.9 Å². The number of hydrogen-bond donors (Lipinski definition) is 1. The molecular weight excluding hydrogens is 759 g/mol. The molecule has 2 amide bonds. The molecule has 0 aliphatic carbocycles. The predicted molar refractivity (Wildman–Crippen MR) is 223 cm³/mol. The summed E-state index contributed by atoms with van der Waals surface area (Å²) in [5.74, 6) is -1.32. The van der Waals surface area contributed by atoms with Gasteiger partial charge in [0.1, 0.15) is 22.7 Å². The van der Waals surface area contributed by atoms with Gasteiger partial charge in [-0.3, -0.25) is 14.4 Å². The number of esters is 2. The fourth-order valence-corrected chi connectivity index (χ4v) is 5.75. The molecule has 13 heteroatoms. The summed E-state index contributed by atoms with van der Waals surface area (Å²) in [7, 11) is 0. The fourth-order valence-electron chi connectivity index (χ4n) is 5.75. The number of carbonyl (C=O) groups is 6. The normalized spacial score (nSPS) is 12.7. The van der Waals surface area contributed by atoms with Crippen molar-refractivity contribution < 1.29 is 57.7 Å². The van der Waals surface area contributed by atoms with Crippen LogP contribution in [0.25, 0.3) is 0 Å². The third-order valence-electron chi connectivity index (χ3n) is 8.77. The van der Waals surface area contributed by atoms with Crippen molar-refractivity contribution in [2.24, 2.45) is 0 Å². The van der Waals surface area contributed by atoms with E-state index in [2.05, 4.69) is 0 Å². The summed E-state index contributed by atoms with van der Waals surface area (Å²) < 4.78 is 22.1. The molecule has 13 nitrogen and oxygen atoms in total. The van der Waals surface area contributed by atoms with E-state index in [0.717, 1.165) is 95.0 Å². The minimum Gasteiger partial charge on any atom is -0.494 e. The Kier molecular flexibility index (Phi) is 22.9. The highest BCUT2D eigenvalue weighted by Crippen LogP contribution is 2.19. The van der Waals surface area contributed by atoms with Crippen molar-refractivity contribution in [1.82, 2.24) is 5.06 Å². The van der Waals surface area contributed by atoms with Gasteiger partial charge in [0.15, 0.2) is 0 Å². The maximum Gasteiger partial charge on any atom is 0.338 e. The molecule has 0 atom stereocenters. The highest BCUT2D eigenvalue weighted by molar-refractivity contribution is 6.01. The number of rotatable bonds is 25. The summed E-state index contributed by atoms with van der Waals surface area (Å²) in [5, 5.41) is 9.15. The SMILES string of the molecule is CC(C)(C)OC(=O)c1ccc(OCCCCCCCCCC(=O)O)cc1.CC(C)(C)OC(=O)c1ccc(OCCCCCCCCCC(=O)ON2C(=O)CCC2=O)cc1. The van der Waals surface area contributed by atoms with Gasteiger partial charge in [0, 0.05) is 25.7 Å². The molecule has 328 valence electrons. The monoisotopic (exact) mass is 825 g/mol. The zero-order valence-electron chi connectivity index (χ0n) is 36.1. The molecule has 0 bridgehead atoms. The number of aliphatic carboxylic acids is 1. The van der Waals surface area contributed by atoms with Crippen LogP contribution in [0.4, 0.5) is 0 Å². The first-order valence-corrected chi connectivity index (χ1v) is 21.1. The smallest absolute Gasteiger partial charge is 0.338 e. The van der Waals surface area contributed by atoms with Gasteiger partial charge in [-0.2, -0.15) is 0 Å². The zero-order valence-corrected chi connectivity index (χ0v) is 36.1. The third kappa shape index (κ3) is 23.9. The minimum absolute atomic E-state index is 0.109. The summed E-state index contributed by atoms with van der Waals surface area (Å²) in [6.45, 7) is 12.3. The Bertz CT molecular complexity index is 1570. The van der Waals surface area contributed by atoms with Crippen LogP contribution in [0.2, 0.25) is 0 Å². The lowest BCUT2D eigenvalue weighted by Gasteiger charge is -2.19. The van der Waals surface area contributed by atoms with E-state index in [1.165, 1.54) is 0 Å². The van der Waals surface area contributed by atoms with E-state index < -0.39 is 35.0 Å². The Labute approximate surface area is 350 Å². The Morgan fingerprint density at radius 1 is 0.525 bits per heavy atom. The van der Waals surface area contributed by atoms with Gasteiger partial charge in [0.25, 0.3) is 11.8 Å². The second-order valence-electron chi connectivity index (χ2n) is 16.6. The summed E-state index contributed by atoms with van der Waals surface area (Å²) in [6.07, 6.45) is 14.7. The number of hydroxylamine groups is 2. The predicted octanol–water partition coefficient (Wildman–Crippen LogP) is 9.97. The number of carboxylic acids is 1. The van der Waals surface area contributed by atoms with Crippen molar-refractivity contribution in [3.63, 3.8) is 0 Å². The van der Waals surface area contributed by atoms with E-state index in [1.54, 1.807) is 48.5 Å². The van der Waals surface area contributed by atoms with E-state index in [4.69, 9.17) is 28.9 Å². The van der Waals surface area contributed by atoms with Crippen molar-refractivity contribution >= 4 is 35.7 Å². The third-order valence-corrected chi connectivity index (χ3v) is 8.77. The first kappa shape index (κ1) is 50.2. The van der Waals surface area contributed by atoms with Crippen molar-refractivity contribution in [2.75, 3.05) is 13.2 Å². The Morgan fingerprint density at radius 2 is 0.864 bits per heavy atom. The van der Waals surface area contributed by atoms with Crippen LogP contribution in [0, 0.1) is 0 Å². The van der Waals surface area contributed by atoms with E-state index >= 15 is 0 Å². The molecule has 1 saturated heterocycles. The van der Waals surface area contributed by atoms with Gasteiger partial charge in [-0.25, -0.2) is 14.4 Å². The number of nitrogens with zero attached hydrogens (tertiary/aromatic N) is 1. The number of hydrogen-bond acceptors (Lipinski definition) is 11. The number of amides is 2. The van der Waals surface area contributed by atoms with Crippen LogP contribution in [0.1, 0.15) is 178 Å². The first-order chi connectivity index (χ1) is 27.9. The second-order valence-corrected chi connectivity index (χ2v) is 16.6. The molecule has 0 saturated carbocycles. The van der Waals surface area contributed by atoms with Crippen LogP contribution < -0.4 is 9.47 Å². The maximum atomic E-state index is 12.0. The summed E-state index contributed by atoms with van der Waals surface area (Å²) in [4.78, 5) is 73.7. The highest BCUT2D eigenvalue weighted by Gasteiger charge is 2.32. The molecular formula is C46H67NO12. The summed E-state index contributed by atoms with van der Waals surface area (Å²) >= 11 is 0. The van der Waals surface area contributed by atoms with Crippen LogP contribution in [0.15, 0.2) is 48.5 Å². The molecule has 1 heterocycles. The van der Waals surface area contributed by atoms with Gasteiger partial charge in [-0.15, -0.1) is 5.06 Å². The molecule has 0 spiro atoms. The molecule has 1 N–H and O–H groups in total. The highest BCUT2D eigenvalue weighted by atomic mass is 16.7. The average molecular weight is 826 g/mol. The van der Waals surface area contributed by atoms with Gasteiger partial charge in [-0.05, 0) is 116 Å². The molecule has 3 rings (SSSR count). The van der Waals surface area contributed by atoms with Crippen LogP contribution >= 0.6 is 0 Å². The maximum absolute atomic E-state index is 12.0. The Hall–Kier alpha value is -4.94. The average Bonchev–Trinajstić information content (AvgIpc) is 3.47. The van der Waals surface area contributed by atoms with Crippen molar-refractivity contribution in [3.05, 3.63) is 59.7 Å². The fraction of sp³-hybridized carbons (Fsp3) is 0.609. The van der Waals surface area contributed by atoms with E-state index in [-0.39, 0.29) is 37.6 Å². The van der Waals surface area contributed by atoms with E-state index in [1.807, 2.05) is 41.5 Å². The zero-order chi connectivity index (χ0) is 43.7. The molecule has 0 unspecified atom stereocenters. The lowest BCUT2D eigenvalue weighted by Crippen LogP contribution is -2.31. The number of ether oxygens (including phenoxy) is 4. The van der Waals surface area contributed by atoms with E-state index in [0.29, 0.717) is 35.8 Å². The summed E-state index contributed by atoms with van der Waals surface area (Å²) in [6, 6.07) is 14.0. The molecule has 1 aliphatic heterocycles. The molecule has 0 radical (unpaired) electrons. The lowest BCUT2D eigenvalue weighted by atomic mass is 10.1. The number of benzene rings is 2. The first-order valence-electron chi connectivity index (χ1n) is 21.1. The Morgan fingerprint density at radius 3 is 1.22 bits per heavy atom. The van der Waals surface area contributed by atoms with Gasteiger partial charge >= 0.3 is 23.9 Å². The van der Waals surface area contributed by atoms with Crippen molar-refractivity contribution in [3.8, 4) is 11.5 Å². The quantitative estimate of drug-likeness (QED) is 0.0571. The lowest BCUT2D eigenvalue weighted by molar-refractivity contribution is -0.197. The number of carbonyl (C=O) groups excluding carboxylic acids is 5. The van der Waals surface area contributed by atoms with E-state index in [9.17, 15) is 28.8 Å². The molecule has 0 aromatic heterocycles.